The Kier molecular flexibility index (Phi) is 4.01. The van der Waals surface area contributed by atoms with Crippen molar-refractivity contribution in [3.63, 3.8) is 0 Å². The van der Waals surface area contributed by atoms with Gasteiger partial charge in [0.2, 0.25) is 0 Å². The lowest BCUT2D eigenvalue weighted by atomic mass is 10.1. The summed E-state index contributed by atoms with van der Waals surface area (Å²) >= 11 is 1.53. The quantitative estimate of drug-likeness (QED) is 0.490. The van der Waals surface area contributed by atoms with Gasteiger partial charge in [-0.1, -0.05) is 24.3 Å². The molecule has 0 atom stereocenters. The van der Waals surface area contributed by atoms with Crippen LogP contribution in [0.5, 0.6) is 0 Å². The summed E-state index contributed by atoms with van der Waals surface area (Å²) in [5.41, 5.74) is 2.65. The van der Waals surface area contributed by atoms with Crippen LogP contribution in [0.25, 0.3) is 31.8 Å². The molecule has 0 saturated heterocycles. The molecule has 0 spiro atoms. The summed E-state index contributed by atoms with van der Waals surface area (Å²) in [6.45, 7) is 5.80. The van der Waals surface area contributed by atoms with Gasteiger partial charge >= 0.3 is 5.63 Å². The van der Waals surface area contributed by atoms with Crippen LogP contribution in [-0.4, -0.2) is 18.1 Å². The van der Waals surface area contributed by atoms with Crippen molar-refractivity contribution in [3.05, 3.63) is 59.0 Å². The highest BCUT2D eigenvalue weighted by Crippen LogP contribution is 2.38. The summed E-state index contributed by atoms with van der Waals surface area (Å²) in [5, 5.41) is 1.66. The van der Waals surface area contributed by atoms with Crippen molar-refractivity contribution in [2.24, 2.45) is 0 Å². The fourth-order valence-electron chi connectivity index (χ4n) is 3.17. The van der Waals surface area contributed by atoms with Gasteiger partial charge in [0, 0.05) is 18.5 Å². The summed E-state index contributed by atoms with van der Waals surface area (Å²) in [6, 6.07) is 15.6. The second-order valence-corrected chi connectivity index (χ2v) is 6.80. The van der Waals surface area contributed by atoms with Crippen molar-refractivity contribution in [2.75, 3.05) is 18.0 Å². The van der Waals surface area contributed by atoms with Crippen molar-refractivity contribution in [1.29, 1.82) is 0 Å². The number of anilines is 1. The topological polar surface area (TPSA) is 46.3 Å². The van der Waals surface area contributed by atoms with E-state index in [1.54, 1.807) is 0 Å². The molecule has 4 aromatic rings. The minimum atomic E-state index is -0.334. The molecule has 0 N–H and O–H groups in total. The van der Waals surface area contributed by atoms with Crippen LogP contribution in [0.3, 0.4) is 0 Å². The third-order valence-corrected chi connectivity index (χ3v) is 5.43. The van der Waals surface area contributed by atoms with E-state index in [2.05, 4.69) is 18.7 Å². The van der Waals surface area contributed by atoms with E-state index in [9.17, 15) is 4.79 Å². The monoisotopic (exact) mass is 350 g/mol. The molecule has 4 nitrogen and oxygen atoms in total. The van der Waals surface area contributed by atoms with Crippen LogP contribution < -0.4 is 10.5 Å². The zero-order valence-corrected chi connectivity index (χ0v) is 15.0. The number of para-hydroxylation sites is 2. The molecule has 0 unspecified atom stereocenters. The molecule has 0 bridgehead atoms. The molecule has 0 fully saturated rings. The fraction of sp³-hybridized carbons (Fsp3) is 0.200. The van der Waals surface area contributed by atoms with Crippen LogP contribution in [0, 0.1) is 0 Å². The molecular weight excluding hydrogens is 332 g/mol. The van der Waals surface area contributed by atoms with Crippen LogP contribution >= 0.6 is 11.3 Å². The van der Waals surface area contributed by atoms with E-state index >= 15 is 0 Å². The minimum Gasteiger partial charge on any atom is -0.422 e. The van der Waals surface area contributed by atoms with Crippen LogP contribution in [0.1, 0.15) is 13.8 Å². The average Bonchev–Trinajstić information content (AvgIpc) is 3.06. The van der Waals surface area contributed by atoms with Gasteiger partial charge in [-0.2, -0.15) is 0 Å². The van der Waals surface area contributed by atoms with E-state index in [0.717, 1.165) is 34.4 Å². The molecule has 0 aliphatic carbocycles. The van der Waals surface area contributed by atoms with Gasteiger partial charge in [-0.15, -0.1) is 11.3 Å². The van der Waals surface area contributed by atoms with E-state index in [4.69, 9.17) is 9.40 Å². The number of benzene rings is 2. The fourth-order valence-corrected chi connectivity index (χ4v) is 4.17. The highest BCUT2D eigenvalue weighted by atomic mass is 32.1. The third kappa shape index (κ3) is 2.61. The van der Waals surface area contributed by atoms with E-state index < -0.39 is 0 Å². The molecule has 2 aromatic heterocycles. The molecular formula is C20H18N2O2S. The molecule has 0 radical (unpaired) electrons. The normalized spacial score (nSPS) is 11.3. The van der Waals surface area contributed by atoms with Gasteiger partial charge in [-0.3, -0.25) is 0 Å². The van der Waals surface area contributed by atoms with Crippen LogP contribution in [0.4, 0.5) is 5.69 Å². The maximum absolute atomic E-state index is 12.8. The number of hydrogen-bond donors (Lipinski definition) is 0. The smallest absolute Gasteiger partial charge is 0.348 e. The van der Waals surface area contributed by atoms with Crippen LogP contribution in [0.2, 0.25) is 0 Å². The van der Waals surface area contributed by atoms with Gasteiger partial charge in [0.1, 0.15) is 16.2 Å². The summed E-state index contributed by atoms with van der Waals surface area (Å²) in [6.07, 6.45) is 0. The van der Waals surface area contributed by atoms with Gasteiger partial charge in [-0.25, -0.2) is 9.78 Å². The summed E-state index contributed by atoms with van der Waals surface area (Å²) in [7, 11) is 0. The molecule has 5 heteroatoms. The van der Waals surface area contributed by atoms with Crippen molar-refractivity contribution < 1.29 is 4.42 Å². The molecule has 0 aliphatic rings. The average molecular weight is 350 g/mol. The molecule has 0 saturated carbocycles. The first-order valence-electron chi connectivity index (χ1n) is 8.39. The predicted octanol–water partition coefficient (Wildman–Crippen LogP) is 4.92. The Hall–Kier alpha value is -2.66. The lowest BCUT2D eigenvalue weighted by Crippen LogP contribution is -2.25. The Labute approximate surface area is 149 Å². The number of rotatable bonds is 4. The van der Waals surface area contributed by atoms with Gasteiger partial charge in [0.15, 0.2) is 0 Å². The first-order chi connectivity index (χ1) is 12.2. The first-order valence-corrected chi connectivity index (χ1v) is 9.21. The van der Waals surface area contributed by atoms with Gasteiger partial charge in [0.25, 0.3) is 0 Å². The van der Waals surface area contributed by atoms with Crippen molar-refractivity contribution in [3.8, 4) is 10.6 Å². The zero-order valence-electron chi connectivity index (χ0n) is 14.2. The molecule has 4 rings (SSSR count). The van der Waals surface area contributed by atoms with Crippen LogP contribution in [-0.2, 0) is 0 Å². The minimum absolute atomic E-state index is 0.334. The maximum atomic E-state index is 12.8. The van der Waals surface area contributed by atoms with E-state index in [0.29, 0.717) is 16.2 Å². The largest absolute Gasteiger partial charge is 0.422 e. The first kappa shape index (κ1) is 15.8. The standard InChI is InChI=1S/C20H18N2O2S/c1-3-22(4-2)18-13-9-5-7-11-15(13)24-20(23)17(18)19-21-14-10-6-8-12-16(14)25-19/h5-12H,3-4H2,1-2H3. The number of aromatic nitrogens is 1. The van der Waals surface area contributed by atoms with E-state index in [1.807, 2.05) is 48.5 Å². The number of fused-ring (bicyclic) bond motifs is 2. The van der Waals surface area contributed by atoms with Crippen molar-refractivity contribution in [1.82, 2.24) is 4.98 Å². The van der Waals surface area contributed by atoms with E-state index in [1.165, 1.54) is 11.3 Å². The van der Waals surface area contributed by atoms with Gasteiger partial charge < -0.3 is 9.32 Å². The van der Waals surface area contributed by atoms with Gasteiger partial charge in [0.05, 0.1) is 15.9 Å². The summed E-state index contributed by atoms with van der Waals surface area (Å²) < 4.78 is 6.67. The maximum Gasteiger partial charge on any atom is 0.348 e. The highest BCUT2D eigenvalue weighted by Gasteiger charge is 2.22. The number of thiazole rings is 1. The molecule has 0 aliphatic heterocycles. The van der Waals surface area contributed by atoms with Crippen molar-refractivity contribution in [2.45, 2.75) is 13.8 Å². The number of hydrogen-bond acceptors (Lipinski definition) is 5. The third-order valence-electron chi connectivity index (χ3n) is 4.37. The molecule has 0 amide bonds. The predicted molar refractivity (Wildman–Crippen MR) is 105 cm³/mol. The Morgan fingerprint density at radius 1 is 1.04 bits per heavy atom. The zero-order chi connectivity index (χ0) is 17.4. The van der Waals surface area contributed by atoms with E-state index in [-0.39, 0.29) is 5.63 Å². The SMILES string of the molecule is CCN(CC)c1c(-c2nc3ccccc3s2)c(=O)oc2ccccc12. The molecule has 25 heavy (non-hydrogen) atoms. The van der Waals surface area contributed by atoms with Crippen molar-refractivity contribution >= 4 is 38.2 Å². The molecule has 2 aromatic carbocycles. The highest BCUT2D eigenvalue weighted by molar-refractivity contribution is 7.21. The second-order valence-electron chi connectivity index (χ2n) is 5.77. The Balaban J connectivity index is 2.10. The second kappa shape index (κ2) is 6.33. The Morgan fingerprint density at radius 2 is 1.76 bits per heavy atom. The van der Waals surface area contributed by atoms with Gasteiger partial charge in [-0.05, 0) is 38.1 Å². The number of nitrogens with zero attached hydrogens (tertiary/aromatic N) is 2. The van der Waals surface area contributed by atoms with Crippen LogP contribution in [0.15, 0.2) is 57.7 Å². The Bertz CT molecular complexity index is 1080. The Morgan fingerprint density at radius 3 is 2.52 bits per heavy atom. The molecule has 126 valence electrons. The summed E-state index contributed by atoms with van der Waals surface area (Å²) in [4.78, 5) is 19.7. The summed E-state index contributed by atoms with van der Waals surface area (Å²) in [5.74, 6) is 0. The molecule has 2 heterocycles. The lowest BCUT2D eigenvalue weighted by molar-refractivity contribution is 0.563. The lowest BCUT2D eigenvalue weighted by Gasteiger charge is -2.24.